The minimum Gasteiger partial charge on any atom is -0.323 e. The number of hydrogen-bond donors (Lipinski definition) is 0. The molecule has 0 spiro atoms. The van der Waals surface area contributed by atoms with Gasteiger partial charge in [0.2, 0.25) is 5.91 Å². The number of hydrazine groups is 1. The van der Waals surface area contributed by atoms with E-state index in [0.717, 1.165) is 34.8 Å². The summed E-state index contributed by atoms with van der Waals surface area (Å²) in [6.45, 7) is 1.89. The van der Waals surface area contributed by atoms with Crippen molar-refractivity contribution in [3.63, 3.8) is 0 Å². The summed E-state index contributed by atoms with van der Waals surface area (Å²) in [5.41, 5.74) is 0.795. The lowest BCUT2D eigenvalue weighted by atomic mass is 10.1. The van der Waals surface area contributed by atoms with Gasteiger partial charge in [-0.15, -0.1) is 0 Å². The molecule has 1 heterocycles. The molecule has 0 aromatic heterocycles. The van der Waals surface area contributed by atoms with Crippen molar-refractivity contribution in [1.82, 2.24) is 14.9 Å². The summed E-state index contributed by atoms with van der Waals surface area (Å²) in [5, 5.41) is 1.64. The zero-order chi connectivity index (χ0) is 18.9. The summed E-state index contributed by atoms with van der Waals surface area (Å²) in [7, 11) is 0. The van der Waals surface area contributed by atoms with Crippen LogP contribution in [-0.2, 0) is 14.4 Å². The number of rotatable bonds is 4. The standard InChI is InChI=1S/C19H23N3O4/c1-16(24)22(19(26)20-12-6-3-7-13-20)21(14-15-23)18(25)11-10-17-8-4-2-5-9-17/h2,4-5,8-11,15H,3,6-7,12-14H2,1H3. The molecule has 4 amide bonds. The van der Waals surface area contributed by atoms with Crippen LogP contribution in [0.25, 0.3) is 6.08 Å². The molecule has 138 valence electrons. The van der Waals surface area contributed by atoms with E-state index < -0.39 is 17.8 Å². The van der Waals surface area contributed by atoms with E-state index >= 15 is 0 Å². The highest BCUT2D eigenvalue weighted by atomic mass is 16.2. The summed E-state index contributed by atoms with van der Waals surface area (Å²) in [4.78, 5) is 49.9. The summed E-state index contributed by atoms with van der Waals surface area (Å²) in [6, 6.07) is 8.57. The monoisotopic (exact) mass is 357 g/mol. The van der Waals surface area contributed by atoms with E-state index in [2.05, 4.69) is 0 Å². The quantitative estimate of drug-likeness (QED) is 0.470. The Morgan fingerprint density at radius 2 is 1.73 bits per heavy atom. The molecule has 0 aliphatic carbocycles. The highest BCUT2D eigenvalue weighted by Gasteiger charge is 2.32. The maximum atomic E-state index is 12.7. The smallest absolute Gasteiger partial charge is 0.323 e. The van der Waals surface area contributed by atoms with Crippen LogP contribution in [0.1, 0.15) is 31.7 Å². The number of hydrogen-bond acceptors (Lipinski definition) is 4. The Kier molecular flexibility index (Phi) is 7.08. The molecular formula is C19H23N3O4. The van der Waals surface area contributed by atoms with Crippen molar-refractivity contribution in [2.24, 2.45) is 0 Å². The van der Waals surface area contributed by atoms with Gasteiger partial charge in [0.1, 0.15) is 6.29 Å². The molecule has 26 heavy (non-hydrogen) atoms. The largest absolute Gasteiger partial charge is 0.346 e. The van der Waals surface area contributed by atoms with Crippen molar-refractivity contribution < 1.29 is 19.2 Å². The highest BCUT2D eigenvalue weighted by Crippen LogP contribution is 2.14. The average Bonchev–Trinajstić information content (AvgIpc) is 2.67. The van der Waals surface area contributed by atoms with Crippen LogP contribution in [0.3, 0.4) is 0 Å². The molecule has 0 bridgehead atoms. The Morgan fingerprint density at radius 1 is 1.08 bits per heavy atom. The van der Waals surface area contributed by atoms with Crippen LogP contribution in [-0.4, -0.2) is 58.7 Å². The van der Waals surface area contributed by atoms with E-state index in [4.69, 9.17) is 0 Å². The number of carbonyl (C=O) groups excluding carboxylic acids is 4. The van der Waals surface area contributed by atoms with Gasteiger partial charge in [-0.25, -0.2) is 9.80 Å². The second kappa shape index (κ2) is 9.50. The third-order valence-corrected chi connectivity index (χ3v) is 4.07. The summed E-state index contributed by atoms with van der Waals surface area (Å²) < 4.78 is 0. The number of imide groups is 1. The number of likely N-dealkylation sites (tertiary alicyclic amines) is 1. The number of amides is 4. The van der Waals surface area contributed by atoms with Crippen molar-refractivity contribution in [1.29, 1.82) is 0 Å². The predicted molar refractivity (Wildman–Crippen MR) is 96.6 cm³/mol. The van der Waals surface area contributed by atoms with E-state index in [1.807, 2.05) is 30.3 Å². The van der Waals surface area contributed by atoms with Crippen LogP contribution in [0.4, 0.5) is 4.79 Å². The van der Waals surface area contributed by atoms with Gasteiger partial charge in [-0.1, -0.05) is 30.3 Å². The first-order valence-electron chi connectivity index (χ1n) is 8.62. The maximum Gasteiger partial charge on any atom is 0.346 e. The number of piperidine rings is 1. The van der Waals surface area contributed by atoms with Crippen LogP contribution in [0.5, 0.6) is 0 Å². The summed E-state index contributed by atoms with van der Waals surface area (Å²) in [5.74, 6) is -1.22. The summed E-state index contributed by atoms with van der Waals surface area (Å²) >= 11 is 0. The molecule has 1 aromatic carbocycles. The van der Waals surface area contributed by atoms with Gasteiger partial charge in [-0.05, 0) is 30.9 Å². The first kappa shape index (κ1) is 19.4. The van der Waals surface area contributed by atoms with Gasteiger partial charge in [0.15, 0.2) is 0 Å². The Morgan fingerprint density at radius 3 is 2.31 bits per heavy atom. The SMILES string of the molecule is CC(=O)N(C(=O)N1CCCCC1)N(CC=O)C(=O)C=Cc1ccccc1. The maximum absolute atomic E-state index is 12.7. The van der Waals surface area contributed by atoms with Crippen LogP contribution < -0.4 is 0 Å². The van der Waals surface area contributed by atoms with Crippen molar-refractivity contribution in [2.45, 2.75) is 26.2 Å². The molecular weight excluding hydrogens is 334 g/mol. The average molecular weight is 357 g/mol. The molecule has 2 rings (SSSR count). The highest BCUT2D eigenvalue weighted by molar-refractivity contribution is 5.99. The van der Waals surface area contributed by atoms with Gasteiger partial charge in [0.25, 0.3) is 5.91 Å². The first-order chi connectivity index (χ1) is 12.5. The molecule has 7 nitrogen and oxygen atoms in total. The van der Waals surface area contributed by atoms with E-state index in [-0.39, 0.29) is 6.54 Å². The van der Waals surface area contributed by atoms with E-state index in [1.54, 1.807) is 6.08 Å². The molecule has 0 radical (unpaired) electrons. The fourth-order valence-corrected chi connectivity index (χ4v) is 2.79. The van der Waals surface area contributed by atoms with Gasteiger partial charge < -0.3 is 9.69 Å². The lowest BCUT2D eigenvalue weighted by Gasteiger charge is -2.36. The second-order valence-corrected chi connectivity index (χ2v) is 5.99. The Hall–Kier alpha value is -2.96. The minimum atomic E-state index is -0.610. The molecule has 0 saturated carbocycles. The lowest BCUT2D eigenvalue weighted by molar-refractivity contribution is -0.154. The number of urea groups is 1. The number of carbonyl (C=O) groups is 4. The fourth-order valence-electron chi connectivity index (χ4n) is 2.79. The first-order valence-corrected chi connectivity index (χ1v) is 8.62. The van der Waals surface area contributed by atoms with Crippen LogP contribution >= 0.6 is 0 Å². The van der Waals surface area contributed by atoms with Crippen LogP contribution in [0, 0.1) is 0 Å². The normalized spacial score (nSPS) is 14.1. The predicted octanol–water partition coefficient (Wildman–Crippen LogP) is 2.10. The van der Waals surface area contributed by atoms with Crippen molar-refractivity contribution in [2.75, 3.05) is 19.6 Å². The number of aldehydes is 1. The van der Waals surface area contributed by atoms with Gasteiger partial charge >= 0.3 is 6.03 Å². The molecule has 7 heteroatoms. The Labute approximate surface area is 152 Å². The summed E-state index contributed by atoms with van der Waals surface area (Å²) in [6.07, 6.45) is 6.05. The van der Waals surface area contributed by atoms with Crippen LogP contribution in [0.2, 0.25) is 0 Å². The fraction of sp³-hybridized carbons (Fsp3) is 0.368. The molecule has 0 atom stereocenters. The number of nitrogens with zero attached hydrogens (tertiary/aromatic N) is 3. The Bertz CT molecular complexity index is 681. The third kappa shape index (κ3) is 5.02. The number of benzene rings is 1. The third-order valence-electron chi connectivity index (χ3n) is 4.07. The lowest BCUT2D eigenvalue weighted by Crippen LogP contribution is -2.57. The second-order valence-electron chi connectivity index (χ2n) is 5.99. The zero-order valence-corrected chi connectivity index (χ0v) is 14.8. The van der Waals surface area contributed by atoms with E-state index in [0.29, 0.717) is 19.4 Å². The van der Waals surface area contributed by atoms with Gasteiger partial charge in [-0.3, -0.25) is 9.59 Å². The zero-order valence-electron chi connectivity index (χ0n) is 14.8. The molecule has 1 aromatic rings. The Balaban J connectivity index is 2.21. The molecule has 1 fully saturated rings. The van der Waals surface area contributed by atoms with Crippen molar-refractivity contribution >= 4 is 30.2 Å². The van der Waals surface area contributed by atoms with Gasteiger partial charge in [-0.2, -0.15) is 5.01 Å². The van der Waals surface area contributed by atoms with E-state index in [9.17, 15) is 19.2 Å². The van der Waals surface area contributed by atoms with Crippen molar-refractivity contribution in [3.8, 4) is 0 Å². The molecule has 1 saturated heterocycles. The van der Waals surface area contributed by atoms with Gasteiger partial charge in [0.05, 0.1) is 6.54 Å². The molecule has 0 N–H and O–H groups in total. The topological polar surface area (TPSA) is 78.0 Å². The van der Waals surface area contributed by atoms with Crippen LogP contribution in [0.15, 0.2) is 36.4 Å². The minimum absolute atomic E-state index is 0.378. The molecule has 1 aliphatic rings. The van der Waals surface area contributed by atoms with Gasteiger partial charge in [0, 0.05) is 26.1 Å². The molecule has 0 unspecified atom stereocenters. The molecule has 1 aliphatic heterocycles. The van der Waals surface area contributed by atoms with E-state index in [1.165, 1.54) is 17.9 Å². The van der Waals surface area contributed by atoms with Crippen molar-refractivity contribution in [3.05, 3.63) is 42.0 Å².